The van der Waals surface area contributed by atoms with E-state index in [0.29, 0.717) is 23.0 Å². The van der Waals surface area contributed by atoms with Gasteiger partial charge in [0.25, 0.3) is 5.91 Å². The second-order valence-corrected chi connectivity index (χ2v) is 5.64. The lowest BCUT2D eigenvalue weighted by Crippen LogP contribution is -2.37. The van der Waals surface area contributed by atoms with Crippen molar-refractivity contribution in [3.63, 3.8) is 0 Å². The van der Waals surface area contributed by atoms with Crippen molar-refractivity contribution in [3.8, 4) is 11.5 Å². The lowest BCUT2D eigenvalue weighted by molar-refractivity contribution is 0.0930. The van der Waals surface area contributed by atoms with Crippen molar-refractivity contribution in [1.29, 1.82) is 0 Å². The Hall–Kier alpha value is -1.23. The lowest BCUT2D eigenvalue weighted by Gasteiger charge is -2.19. The Morgan fingerprint density at radius 2 is 2.05 bits per heavy atom. The molecule has 110 valence electrons. The molecule has 1 N–H and O–H groups in total. The molecule has 0 radical (unpaired) electrons. The summed E-state index contributed by atoms with van der Waals surface area (Å²) in [5.41, 5.74) is 0.600. The molecule has 2 rings (SSSR count). The Balaban J connectivity index is 2.09. The minimum Gasteiger partial charge on any atom is -0.493 e. The van der Waals surface area contributed by atoms with Crippen LogP contribution in [0.5, 0.6) is 11.5 Å². The fourth-order valence-electron chi connectivity index (χ4n) is 2.64. The molecule has 0 spiro atoms. The third-order valence-corrected chi connectivity index (χ3v) is 4.65. The number of hydrogen-bond acceptors (Lipinski definition) is 3. The zero-order valence-electron chi connectivity index (χ0n) is 11.8. The summed E-state index contributed by atoms with van der Waals surface area (Å²) >= 11 is 3.52. The van der Waals surface area contributed by atoms with Crippen molar-refractivity contribution in [2.45, 2.75) is 25.3 Å². The summed E-state index contributed by atoms with van der Waals surface area (Å²) in [6, 6.07) is 5.49. The monoisotopic (exact) mass is 341 g/mol. The van der Waals surface area contributed by atoms with Crippen LogP contribution >= 0.6 is 15.9 Å². The summed E-state index contributed by atoms with van der Waals surface area (Å²) < 4.78 is 10.4. The highest BCUT2D eigenvalue weighted by Gasteiger charge is 2.28. The summed E-state index contributed by atoms with van der Waals surface area (Å²) in [6.07, 6.45) is 3.39. The standard InChI is InChI=1S/C15H20BrNO3/c1-19-13-7-6-10(8-14(13)20-2)15(18)17-12-5-3-4-11(12)9-16/h6-8,11-12H,3-5,9H2,1-2H3,(H,17,18). The van der Waals surface area contributed by atoms with Crippen LogP contribution in [0.1, 0.15) is 29.6 Å². The van der Waals surface area contributed by atoms with E-state index in [9.17, 15) is 4.79 Å². The van der Waals surface area contributed by atoms with E-state index in [4.69, 9.17) is 9.47 Å². The van der Waals surface area contributed by atoms with Crippen molar-refractivity contribution in [2.75, 3.05) is 19.5 Å². The van der Waals surface area contributed by atoms with E-state index in [1.807, 2.05) is 0 Å². The zero-order chi connectivity index (χ0) is 14.5. The van der Waals surface area contributed by atoms with Gasteiger partial charge in [0.1, 0.15) is 0 Å². The number of hydrogen-bond donors (Lipinski definition) is 1. The van der Waals surface area contributed by atoms with Gasteiger partial charge < -0.3 is 14.8 Å². The number of alkyl halides is 1. The Morgan fingerprint density at radius 3 is 2.70 bits per heavy atom. The first kappa shape index (κ1) is 15.2. The van der Waals surface area contributed by atoms with E-state index >= 15 is 0 Å². The van der Waals surface area contributed by atoms with Crippen molar-refractivity contribution < 1.29 is 14.3 Å². The Kier molecular flexibility index (Phi) is 5.29. The van der Waals surface area contributed by atoms with E-state index in [1.54, 1.807) is 32.4 Å². The van der Waals surface area contributed by atoms with E-state index in [1.165, 1.54) is 12.8 Å². The number of carbonyl (C=O) groups excluding carboxylic acids is 1. The fraction of sp³-hybridized carbons (Fsp3) is 0.533. The minimum absolute atomic E-state index is 0.0520. The molecule has 1 fully saturated rings. The molecular formula is C15H20BrNO3. The zero-order valence-corrected chi connectivity index (χ0v) is 13.4. The molecule has 1 aromatic carbocycles. The fourth-order valence-corrected chi connectivity index (χ4v) is 3.42. The molecule has 1 saturated carbocycles. The molecule has 2 unspecified atom stereocenters. The highest BCUT2D eigenvalue weighted by molar-refractivity contribution is 9.09. The van der Waals surface area contributed by atoms with Crippen molar-refractivity contribution in [2.24, 2.45) is 5.92 Å². The summed E-state index contributed by atoms with van der Waals surface area (Å²) in [7, 11) is 3.15. The van der Waals surface area contributed by atoms with Gasteiger partial charge in [0, 0.05) is 16.9 Å². The molecule has 0 bridgehead atoms. The van der Waals surface area contributed by atoms with Gasteiger partial charge >= 0.3 is 0 Å². The minimum atomic E-state index is -0.0520. The highest BCUT2D eigenvalue weighted by atomic mass is 79.9. The van der Waals surface area contributed by atoms with Gasteiger partial charge in [-0.15, -0.1) is 0 Å². The maximum absolute atomic E-state index is 12.3. The van der Waals surface area contributed by atoms with Gasteiger partial charge in [-0.1, -0.05) is 22.4 Å². The van der Waals surface area contributed by atoms with Crippen LogP contribution in [-0.4, -0.2) is 31.5 Å². The molecule has 20 heavy (non-hydrogen) atoms. The third-order valence-electron chi connectivity index (χ3n) is 3.82. The normalized spacial score (nSPS) is 21.6. The van der Waals surface area contributed by atoms with Gasteiger partial charge in [-0.2, -0.15) is 0 Å². The molecule has 1 aliphatic carbocycles. The molecule has 2 atom stereocenters. The first-order chi connectivity index (χ1) is 9.69. The molecule has 5 heteroatoms. The molecule has 0 heterocycles. The van der Waals surface area contributed by atoms with E-state index < -0.39 is 0 Å². The summed E-state index contributed by atoms with van der Waals surface area (Å²) in [4.78, 5) is 12.3. The van der Waals surface area contributed by atoms with Crippen LogP contribution in [0.2, 0.25) is 0 Å². The van der Waals surface area contributed by atoms with Gasteiger partial charge in [-0.05, 0) is 37.0 Å². The molecule has 0 aromatic heterocycles. The largest absolute Gasteiger partial charge is 0.493 e. The summed E-state index contributed by atoms with van der Waals surface area (Å²) in [5.74, 6) is 1.68. The van der Waals surface area contributed by atoms with Crippen LogP contribution in [-0.2, 0) is 0 Å². The summed E-state index contributed by atoms with van der Waals surface area (Å²) in [5, 5.41) is 4.05. The smallest absolute Gasteiger partial charge is 0.251 e. The number of rotatable bonds is 5. The quantitative estimate of drug-likeness (QED) is 0.837. The van der Waals surface area contributed by atoms with Crippen molar-refractivity contribution in [3.05, 3.63) is 23.8 Å². The van der Waals surface area contributed by atoms with Crippen LogP contribution in [0.4, 0.5) is 0 Å². The second kappa shape index (κ2) is 6.97. The van der Waals surface area contributed by atoms with Gasteiger partial charge in [-0.25, -0.2) is 0 Å². The lowest BCUT2D eigenvalue weighted by atomic mass is 10.1. The number of carbonyl (C=O) groups is 1. The van der Waals surface area contributed by atoms with E-state index in [-0.39, 0.29) is 11.9 Å². The molecule has 0 saturated heterocycles. The topological polar surface area (TPSA) is 47.6 Å². The molecule has 1 amide bonds. The predicted molar refractivity (Wildman–Crippen MR) is 81.9 cm³/mol. The van der Waals surface area contributed by atoms with E-state index in [0.717, 1.165) is 11.8 Å². The maximum atomic E-state index is 12.3. The van der Waals surface area contributed by atoms with Crippen molar-refractivity contribution >= 4 is 21.8 Å². The molecule has 1 aromatic rings. The van der Waals surface area contributed by atoms with Gasteiger partial charge in [0.05, 0.1) is 14.2 Å². The van der Waals surface area contributed by atoms with Crippen LogP contribution in [0, 0.1) is 5.92 Å². The molecule has 0 aliphatic heterocycles. The Labute approximate surface area is 128 Å². The van der Waals surface area contributed by atoms with Crippen molar-refractivity contribution in [1.82, 2.24) is 5.32 Å². The van der Waals surface area contributed by atoms with Gasteiger partial charge in [0.15, 0.2) is 11.5 Å². The molecule has 4 nitrogen and oxygen atoms in total. The molecular weight excluding hydrogens is 322 g/mol. The first-order valence-corrected chi connectivity index (χ1v) is 7.90. The van der Waals surface area contributed by atoms with Crippen LogP contribution in [0.15, 0.2) is 18.2 Å². The average Bonchev–Trinajstić information content (AvgIpc) is 2.93. The van der Waals surface area contributed by atoms with Crippen LogP contribution in [0.3, 0.4) is 0 Å². The van der Waals surface area contributed by atoms with Crippen LogP contribution in [0.25, 0.3) is 0 Å². The first-order valence-electron chi connectivity index (χ1n) is 6.78. The number of amides is 1. The molecule has 1 aliphatic rings. The number of methoxy groups -OCH3 is 2. The second-order valence-electron chi connectivity index (χ2n) is 5.00. The van der Waals surface area contributed by atoms with Gasteiger partial charge in [0.2, 0.25) is 0 Å². The number of halogens is 1. The third kappa shape index (κ3) is 3.26. The van der Waals surface area contributed by atoms with Gasteiger partial charge in [-0.3, -0.25) is 4.79 Å². The number of nitrogens with one attached hydrogen (secondary N) is 1. The van der Waals surface area contributed by atoms with E-state index in [2.05, 4.69) is 21.2 Å². The average molecular weight is 342 g/mol. The summed E-state index contributed by atoms with van der Waals surface area (Å²) in [6.45, 7) is 0. The Morgan fingerprint density at radius 1 is 1.30 bits per heavy atom. The van der Waals surface area contributed by atoms with Crippen LogP contribution < -0.4 is 14.8 Å². The number of benzene rings is 1. The predicted octanol–water partition coefficient (Wildman–Crippen LogP) is 3.00. The highest BCUT2D eigenvalue weighted by Crippen LogP contribution is 2.29. The number of ether oxygens (including phenoxy) is 2. The SMILES string of the molecule is COc1ccc(C(=O)NC2CCCC2CBr)cc1OC. The maximum Gasteiger partial charge on any atom is 0.251 e. The Bertz CT molecular complexity index is 478.